The number of H-pyrrole nitrogens is 1. The van der Waals surface area contributed by atoms with Crippen LogP contribution in [0.4, 0.5) is 5.82 Å². The number of rotatable bonds is 4. The third-order valence-electron chi connectivity index (χ3n) is 6.74. The third-order valence-corrected chi connectivity index (χ3v) is 6.74. The van der Waals surface area contributed by atoms with Crippen LogP contribution < -0.4 is 11.1 Å². The fourth-order valence-electron chi connectivity index (χ4n) is 5.27. The SMILES string of the molecule is CC(=O)c1c(C2C[C@H]3CC[C@@H](C2)N3)nc2c(-c3ccc(-c4ncc[nH]4)nc3)cnn2c1N. The lowest BCUT2D eigenvalue weighted by atomic mass is 9.86. The lowest BCUT2D eigenvalue weighted by molar-refractivity contribution is 0.101. The van der Waals surface area contributed by atoms with E-state index >= 15 is 0 Å². The number of nitrogens with two attached hydrogens (primary N) is 1. The van der Waals surface area contributed by atoms with Crippen LogP contribution in [0.5, 0.6) is 0 Å². The first-order chi connectivity index (χ1) is 15.6. The van der Waals surface area contributed by atoms with Crippen molar-refractivity contribution in [1.29, 1.82) is 0 Å². The van der Waals surface area contributed by atoms with Crippen molar-refractivity contribution in [3.05, 3.63) is 48.2 Å². The number of anilines is 1. The number of hydrogen-bond donors (Lipinski definition) is 3. The molecule has 2 aliphatic rings. The number of pyridine rings is 1. The number of hydrogen-bond acceptors (Lipinski definition) is 7. The van der Waals surface area contributed by atoms with Crippen LogP contribution in [0.1, 0.15) is 54.6 Å². The topological polar surface area (TPSA) is 127 Å². The molecule has 0 aliphatic carbocycles. The van der Waals surface area contributed by atoms with Gasteiger partial charge in [0.25, 0.3) is 0 Å². The summed E-state index contributed by atoms with van der Waals surface area (Å²) < 4.78 is 1.58. The van der Waals surface area contributed by atoms with Gasteiger partial charge in [-0.05, 0) is 38.7 Å². The van der Waals surface area contributed by atoms with Gasteiger partial charge < -0.3 is 16.0 Å². The fourth-order valence-corrected chi connectivity index (χ4v) is 5.27. The van der Waals surface area contributed by atoms with Gasteiger partial charge in [0.15, 0.2) is 17.3 Å². The summed E-state index contributed by atoms with van der Waals surface area (Å²) in [5.41, 5.74) is 10.9. The van der Waals surface area contributed by atoms with Crippen molar-refractivity contribution in [3.63, 3.8) is 0 Å². The smallest absolute Gasteiger partial charge is 0.165 e. The van der Waals surface area contributed by atoms with Crippen molar-refractivity contribution in [2.75, 3.05) is 5.73 Å². The Morgan fingerprint density at radius 2 is 1.97 bits per heavy atom. The van der Waals surface area contributed by atoms with Gasteiger partial charge in [-0.2, -0.15) is 9.61 Å². The molecule has 2 saturated heterocycles. The molecule has 0 radical (unpaired) electrons. The van der Waals surface area contributed by atoms with Gasteiger partial charge in [-0.3, -0.25) is 9.78 Å². The van der Waals surface area contributed by atoms with Crippen molar-refractivity contribution in [3.8, 4) is 22.6 Å². The maximum absolute atomic E-state index is 12.6. The second-order valence-electron chi connectivity index (χ2n) is 8.78. The molecule has 4 aromatic rings. The normalized spacial score (nSPS) is 22.5. The number of nitrogens with zero attached hydrogens (tertiary/aromatic N) is 5. The Balaban J connectivity index is 1.46. The largest absolute Gasteiger partial charge is 0.383 e. The first kappa shape index (κ1) is 19.1. The molecule has 0 aromatic carbocycles. The van der Waals surface area contributed by atoms with Crippen LogP contribution in [0.25, 0.3) is 28.3 Å². The van der Waals surface area contributed by atoms with Gasteiger partial charge in [-0.25, -0.2) is 9.97 Å². The summed E-state index contributed by atoms with van der Waals surface area (Å²) in [5, 5.41) is 8.12. The third kappa shape index (κ3) is 3.00. The zero-order valence-corrected chi connectivity index (χ0v) is 17.7. The molecular weight excluding hydrogens is 404 g/mol. The molecule has 0 saturated carbocycles. The number of aromatic nitrogens is 6. The summed E-state index contributed by atoms with van der Waals surface area (Å²) in [4.78, 5) is 29.4. The number of imidazole rings is 1. The maximum atomic E-state index is 12.6. The highest BCUT2D eigenvalue weighted by Crippen LogP contribution is 2.40. The van der Waals surface area contributed by atoms with E-state index in [-0.39, 0.29) is 11.7 Å². The quantitative estimate of drug-likeness (QED) is 0.427. The molecule has 6 heterocycles. The van der Waals surface area contributed by atoms with Crippen LogP contribution in [0.3, 0.4) is 0 Å². The van der Waals surface area contributed by atoms with Crippen molar-refractivity contribution >= 4 is 17.2 Å². The summed E-state index contributed by atoms with van der Waals surface area (Å²) in [6, 6.07) is 4.86. The van der Waals surface area contributed by atoms with Gasteiger partial charge in [0.05, 0.1) is 17.5 Å². The van der Waals surface area contributed by atoms with Crippen LogP contribution >= 0.6 is 0 Å². The van der Waals surface area contributed by atoms with Crippen molar-refractivity contribution in [1.82, 2.24) is 34.9 Å². The Morgan fingerprint density at radius 3 is 2.62 bits per heavy atom. The molecule has 2 bridgehead atoms. The molecule has 4 aromatic heterocycles. The number of Topliss-reactive ketones (excluding diaryl/α,β-unsaturated/α-hetero) is 1. The molecule has 0 amide bonds. The fraction of sp³-hybridized carbons (Fsp3) is 0.348. The standard InChI is InChI=1S/C23H24N8O/c1-12(32)19-20(14-8-15-3-4-16(9-14)29-15)30-23-17(11-28-31(23)21(19)24)13-2-5-18(27-10-13)22-25-6-7-26-22/h2,5-7,10-11,14-16,29H,3-4,8-9,24H2,1H3,(H,25,26)/t14?,15-,16+. The van der Waals surface area contributed by atoms with Gasteiger partial charge in [-0.1, -0.05) is 6.07 Å². The zero-order valence-electron chi connectivity index (χ0n) is 17.7. The van der Waals surface area contributed by atoms with E-state index in [0.29, 0.717) is 34.9 Å². The highest BCUT2D eigenvalue weighted by Gasteiger charge is 2.37. The number of carbonyl (C=O) groups is 1. The van der Waals surface area contributed by atoms with Gasteiger partial charge in [0.2, 0.25) is 0 Å². The molecule has 1 unspecified atom stereocenters. The molecule has 162 valence electrons. The molecule has 2 fully saturated rings. The summed E-state index contributed by atoms with van der Waals surface area (Å²) in [5.74, 6) is 1.21. The van der Waals surface area contributed by atoms with Crippen LogP contribution in [-0.4, -0.2) is 47.4 Å². The average Bonchev–Trinajstić information content (AvgIpc) is 3.54. The molecule has 2 aliphatic heterocycles. The van der Waals surface area contributed by atoms with Gasteiger partial charge in [0.1, 0.15) is 11.5 Å². The van der Waals surface area contributed by atoms with E-state index < -0.39 is 0 Å². The molecular formula is C23H24N8O. The van der Waals surface area contributed by atoms with Crippen LogP contribution in [0.15, 0.2) is 36.9 Å². The van der Waals surface area contributed by atoms with Crippen molar-refractivity contribution in [2.24, 2.45) is 0 Å². The van der Waals surface area contributed by atoms with Crippen LogP contribution in [0, 0.1) is 0 Å². The Bertz CT molecular complexity index is 1300. The molecule has 9 nitrogen and oxygen atoms in total. The second-order valence-corrected chi connectivity index (χ2v) is 8.78. The number of nitrogens with one attached hydrogen (secondary N) is 2. The van der Waals surface area contributed by atoms with E-state index in [0.717, 1.165) is 35.4 Å². The van der Waals surface area contributed by atoms with Crippen LogP contribution in [-0.2, 0) is 0 Å². The van der Waals surface area contributed by atoms with Crippen LogP contribution in [0.2, 0.25) is 0 Å². The zero-order chi connectivity index (χ0) is 21.8. The Labute approximate surface area is 184 Å². The molecule has 4 N–H and O–H groups in total. The molecule has 0 spiro atoms. The summed E-state index contributed by atoms with van der Waals surface area (Å²) in [7, 11) is 0. The van der Waals surface area contributed by atoms with E-state index in [1.54, 1.807) is 36.2 Å². The number of carbonyl (C=O) groups excluding carboxylic acids is 1. The Morgan fingerprint density at radius 1 is 1.16 bits per heavy atom. The lowest BCUT2D eigenvalue weighted by Crippen LogP contribution is -2.38. The summed E-state index contributed by atoms with van der Waals surface area (Å²) in [6.07, 6.45) is 11.3. The highest BCUT2D eigenvalue weighted by molar-refractivity contribution is 6.00. The average molecular weight is 429 g/mol. The van der Waals surface area contributed by atoms with Crippen molar-refractivity contribution in [2.45, 2.75) is 50.6 Å². The Kier molecular flexibility index (Phi) is 4.32. The van der Waals surface area contributed by atoms with E-state index in [2.05, 4.69) is 25.4 Å². The Hall–Kier alpha value is -3.59. The van der Waals surface area contributed by atoms with Gasteiger partial charge in [0, 0.05) is 47.7 Å². The highest BCUT2D eigenvalue weighted by atomic mass is 16.1. The number of aromatic amines is 1. The maximum Gasteiger partial charge on any atom is 0.165 e. The first-order valence-corrected chi connectivity index (χ1v) is 11.0. The van der Waals surface area contributed by atoms with Gasteiger partial charge in [-0.15, -0.1) is 0 Å². The minimum atomic E-state index is -0.0701. The predicted molar refractivity (Wildman–Crippen MR) is 120 cm³/mol. The number of piperidine rings is 1. The molecule has 3 atom stereocenters. The molecule has 32 heavy (non-hydrogen) atoms. The summed E-state index contributed by atoms with van der Waals surface area (Å²) >= 11 is 0. The van der Waals surface area contributed by atoms with E-state index in [1.807, 2.05) is 12.1 Å². The lowest BCUT2D eigenvalue weighted by Gasteiger charge is -2.30. The van der Waals surface area contributed by atoms with Gasteiger partial charge >= 0.3 is 0 Å². The molecule has 6 rings (SSSR count). The second kappa shape index (κ2) is 7.23. The van der Waals surface area contributed by atoms with Crippen molar-refractivity contribution < 1.29 is 4.79 Å². The predicted octanol–water partition coefficient (Wildman–Crippen LogP) is 2.96. The minimum Gasteiger partial charge on any atom is -0.383 e. The van der Waals surface area contributed by atoms with E-state index in [4.69, 9.17) is 10.7 Å². The minimum absolute atomic E-state index is 0.0701. The number of fused-ring (bicyclic) bond motifs is 3. The summed E-state index contributed by atoms with van der Waals surface area (Å²) in [6.45, 7) is 1.56. The molecule has 9 heteroatoms. The number of nitrogen functional groups attached to an aromatic ring is 1. The number of ketones is 1. The van der Waals surface area contributed by atoms with E-state index in [9.17, 15) is 4.79 Å². The first-order valence-electron chi connectivity index (χ1n) is 11.0. The monoisotopic (exact) mass is 428 g/mol. The van der Waals surface area contributed by atoms with E-state index in [1.165, 1.54) is 12.8 Å².